The van der Waals surface area contributed by atoms with Gasteiger partial charge in [-0.05, 0) is 37.5 Å². The molecular formula is C15H17ClN2S2. The van der Waals surface area contributed by atoms with Crippen LogP contribution in [0.25, 0.3) is 0 Å². The molecule has 1 N–H and O–H groups in total. The molecule has 4 rings (SSSR count). The van der Waals surface area contributed by atoms with E-state index in [2.05, 4.69) is 22.5 Å². The van der Waals surface area contributed by atoms with Crippen molar-refractivity contribution in [2.45, 2.75) is 42.3 Å². The molecule has 2 fully saturated rings. The molecule has 0 saturated carbocycles. The Morgan fingerprint density at radius 1 is 1.35 bits per heavy atom. The van der Waals surface area contributed by atoms with Gasteiger partial charge in [0, 0.05) is 34.2 Å². The van der Waals surface area contributed by atoms with Crippen molar-refractivity contribution in [2.24, 2.45) is 0 Å². The number of fused-ring (bicyclic) bond motifs is 2. The first-order valence-electron chi connectivity index (χ1n) is 7.08. The van der Waals surface area contributed by atoms with Gasteiger partial charge >= 0.3 is 0 Å². The van der Waals surface area contributed by atoms with Crippen LogP contribution in [0, 0.1) is 0 Å². The Labute approximate surface area is 133 Å². The van der Waals surface area contributed by atoms with Gasteiger partial charge in [0.05, 0.1) is 10.1 Å². The number of thioether (sulfide) groups is 2. The Bertz CT molecular complexity index is 548. The van der Waals surface area contributed by atoms with Crippen LogP contribution in [0.15, 0.2) is 39.6 Å². The molecule has 106 valence electrons. The summed E-state index contributed by atoms with van der Waals surface area (Å²) in [7, 11) is 0. The maximum Gasteiger partial charge on any atom is 0.0690 e. The summed E-state index contributed by atoms with van der Waals surface area (Å²) in [5.74, 6) is 1.10. The predicted molar refractivity (Wildman–Crippen MR) is 88.0 cm³/mol. The van der Waals surface area contributed by atoms with Gasteiger partial charge in [-0.1, -0.05) is 41.2 Å². The van der Waals surface area contributed by atoms with Crippen LogP contribution >= 0.6 is 35.1 Å². The quantitative estimate of drug-likeness (QED) is 0.898. The molecule has 0 aliphatic carbocycles. The topological polar surface area (TPSA) is 15.3 Å². The van der Waals surface area contributed by atoms with Gasteiger partial charge in [0.25, 0.3) is 0 Å². The van der Waals surface area contributed by atoms with Gasteiger partial charge in [0.2, 0.25) is 0 Å². The molecule has 20 heavy (non-hydrogen) atoms. The van der Waals surface area contributed by atoms with Gasteiger partial charge in [-0.25, -0.2) is 0 Å². The molecule has 2 nitrogen and oxygen atoms in total. The molecule has 3 heterocycles. The number of nitrogens with one attached hydrogen (secondary N) is 1. The van der Waals surface area contributed by atoms with E-state index in [-0.39, 0.29) is 0 Å². The minimum atomic E-state index is 0.707. The molecule has 3 aliphatic heterocycles. The van der Waals surface area contributed by atoms with Gasteiger partial charge in [-0.3, -0.25) is 0 Å². The molecule has 0 spiro atoms. The van der Waals surface area contributed by atoms with Crippen molar-refractivity contribution in [3.63, 3.8) is 0 Å². The number of benzene rings is 1. The fourth-order valence-electron chi connectivity index (χ4n) is 3.40. The van der Waals surface area contributed by atoms with Crippen molar-refractivity contribution in [1.82, 2.24) is 10.2 Å². The summed E-state index contributed by atoms with van der Waals surface area (Å²) in [6.07, 6.45) is 6.39. The van der Waals surface area contributed by atoms with Crippen molar-refractivity contribution < 1.29 is 0 Å². The molecule has 1 aromatic rings. The molecule has 1 aromatic carbocycles. The minimum Gasteiger partial charge on any atom is -0.362 e. The second-order valence-electron chi connectivity index (χ2n) is 5.65. The lowest BCUT2D eigenvalue weighted by atomic mass is 9.95. The van der Waals surface area contributed by atoms with Gasteiger partial charge in [0.15, 0.2) is 0 Å². The fourth-order valence-corrected chi connectivity index (χ4v) is 5.85. The number of nitrogens with zero attached hydrogens (tertiary/aromatic N) is 1. The smallest absolute Gasteiger partial charge is 0.0690 e. The first kappa shape index (κ1) is 13.4. The summed E-state index contributed by atoms with van der Waals surface area (Å²) in [5.41, 5.74) is 0. The molecule has 3 aliphatic rings. The van der Waals surface area contributed by atoms with E-state index in [1.807, 2.05) is 41.7 Å². The zero-order valence-electron chi connectivity index (χ0n) is 11.1. The summed E-state index contributed by atoms with van der Waals surface area (Å²) in [6, 6.07) is 10.3. The van der Waals surface area contributed by atoms with E-state index in [0.29, 0.717) is 12.1 Å². The van der Waals surface area contributed by atoms with E-state index in [1.54, 1.807) is 0 Å². The fraction of sp³-hybridized carbons (Fsp3) is 0.467. The van der Waals surface area contributed by atoms with Crippen LogP contribution in [-0.2, 0) is 0 Å². The second-order valence-corrected chi connectivity index (χ2v) is 8.44. The van der Waals surface area contributed by atoms with Crippen molar-refractivity contribution >= 4 is 35.1 Å². The first-order chi connectivity index (χ1) is 9.78. The van der Waals surface area contributed by atoms with Gasteiger partial charge in [-0.15, -0.1) is 0 Å². The molecule has 5 heteroatoms. The van der Waals surface area contributed by atoms with E-state index in [0.717, 1.165) is 16.9 Å². The lowest BCUT2D eigenvalue weighted by molar-refractivity contribution is 0.272. The Balaban J connectivity index is 1.44. The Hall–Kier alpha value is -0.290. The van der Waals surface area contributed by atoms with E-state index >= 15 is 0 Å². The number of hydrogen-bond donors (Lipinski definition) is 1. The van der Waals surface area contributed by atoms with Crippen LogP contribution in [-0.4, -0.2) is 28.9 Å². The summed E-state index contributed by atoms with van der Waals surface area (Å²) in [6.45, 7) is 0. The number of hydrogen-bond acceptors (Lipinski definition) is 4. The SMILES string of the molecule is Clc1cccc(SC2=CN([C@@H]3C[C@H]4CC[C@@H]3N4)CS2)c1. The predicted octanol–water partition coefficient (Wildman–Crippen LogP) is 4.13. The third kappa shape index (κ3) is 2.59. The van der Waals surface area contributed by atoms with E-state index in [1.165, 1.54) is 28.4 Å². The lowest BCUT2D eigenvalue weighted by Gasteiger charge is -2.29. The van der Waals surface area contributed by atoms with E-state index in [4.69, 9.17) is 11.6 Å². The minimum absolute atomic E-state index is 0.707. The summed E-state index contributed by atoms with van der Waals surface area (Å²) >= 11 is 9.82. The zero-order valence-corrected chi connectivity index (χ0v) is 13.5. The number of rotatable bonds is 3. The summed E-state index contributed by atoms with van der Waals surface area (Å²) in [5, 5.41) is 4.54. The van der Waals surface area contributed by atoms with Gasteiger partial charge < -0.3 is 10.2 Å². The Kier molecular flexibility index (Phi) is 3.67. The second kappa shape index (κ2) is 5.48. The van der Waals surface area contributed by atoms with E-state index in [9.17, 15) is 0 Å². The van der Waals surface area contributed by atoms with Gasteiger partial charge in [-0.2, -0.15) is 0 Å². The maximum atomic E-state index is 6.05. The highest BCUT2D eigenvalue weighted by molar-refractivity contribution is 8.22. The lowest BCUT2D eigenvalue weighted by Crippen LogP contribution is -2.38. The monoisotopic (exact) mass is 324 g/mol. The summed E-state index contributed by atoms with van der Waals surface area (Å²) in [4.78, 5) is 3.76. The van der Waals surface area contributed by atoms with Crippen LogP contribution in [0.1, 0.15) is 19.3 Å². The third-order valence-electron chi connectivity index (χ3n) is 4.33. The van der Waals surface area contributed by atoms with E-state index < -0.39 is 0 Å². The molecule has 2 saturated heterocycles. The summed E-state index contributed by atoms with van der Waals surface area (Å²) < 4.78 is 1.38. The van der Waals surface area contributed by atoms with Crippen LogP contribution in [0.5, 0.6) is 0 Å². The largest absolute Gasteiger partial charge is 0.362 e. The molecule has 3 atom stereocenters. The van der Waals surface area contributed by atoms with Crippen LogP contribution in [0.2, 0.25) is 5.02 Å². The number of halogens is 1. The highest BCUT2D eigenvalue weighted by Crippen LogP contribution is 2.43. The average molecular weight is 325 g/mol. The van der Waals surface area contributed by atoms with Crippen molar-refractivity contribution in [1.29, 1.82) is 0 Å². The molecule has 0 unspecified atom stereocenters. The highest BCUT2D eigenvalue weighted by atomic mass is 35.5. The molecule has 0 amide bonds. The Morgan fingerprint density at radius 2 is 2.30 bits per heavy atom. The highest BCUT2D eigenvalue weighted by Gasteiger charge is 2.42. The van der Waals surface area contributed by atoms with Crippen LogP contribution < -0.4 is 5.32 Å². The molecule has 0 aromatic heterocycles. The molecule has 2 bridgehead atoms. The van der Waals surface area contributed by atoms with Crippen LogP contribution in [0.3, 0.4) is 0 Å². The zero-order chi connectivity index (χ0) is 13.5. The molecular weight excluding hydrogens is 308 g/mol. The van der Waals surface area contributed by atoms with Crippen molar-refractivity contribution in [2.75, 3.05) is 5.88 Å². The van der Waals surface area contributed by atoms with Gasteiger partial charge in [0.1, 0.15) is 0 Å². The Morgan fingerprint density at radius 3 is 3.05 bits per heavy atom. The van der Waals surface area contributed by atoms with Crippen LogP contribution in [0.4, 0.5) is 0 Å². The third-order valence-corrected chi connectivity index (χ3v) is 6.79. The maximum absolute atomic E-state index is 6.05. The average Bonchev–Trinajstić information content (AvgIpc) is 3.13. The first-order valence-corrected chi connectivity index (χ1v) is 9.26. The van der Waals surface area contributed by atoms with Crippen molar-refractivity contribution in [3.8, 4) is 0 Å². The molecule has 0 radical (unpaired) electrons. The standard InChI is InChI=1S/C15H17ClN2S2/c16-10-2-1-3-12(6-10)20-15-8-18(9-19-15)14-7-11-4-5-13(14)17-11/h1-3,6,8,11,13-14,17H,4-5,7,9H2/t11-,13+,14-/m1/s1. The normalized spacial score (nSPS) is 31.9. The van der Waals surface area contributed by atoms with Crippen molar-refractivity contribution in [3.05, 3.63) is 39.7 Å².